The summed E-state index contributed by atoms with van der Waals surface area (Å²) in [5, 5.41) is 9.23. The van der Waals surface area contributed by atoms with Gasteiger partial charge < -0.3 is 5.11 Å². The van der Waals surface area contributed by atoms with Gasteiger partial charge in [-0.25, -0.2) is 8.42 Å². The molecule has 19 heavy (non-hydrogen) atoms. The van der Waals surface area contributed by atoms with Crippen LogP contribution in [0.1, 0.15) is 25.0 Å². The van der Waals surface area contributed by atoms with Gasteiger partial charge in [-0.3, -0.25) is 0 Å². The molecule has 0 saturated heterocycles. The fraction of sp³-hybridized carbons (Fsp3) is 0.429. The van der Waals surface area contributed by atoms with E-state index in [-0.39, 0.29) is 11.5 Å². The Balaban J connectivity index is 3.30. The summed E-state index contributed by atoms with van der Waals surface area (Å²) in [5.41, 5.74) is 2.03. The van der Waals surface area contributed by atoms with Crippen molar-refractivity contribution < 1.29 is 13.5 Å². The summed E-state index contributed by atoms with van der Waals surface area (Å²) in [6.45, 7) is 9.60. The van der Waals surface area contributed by atoms with E-state index in [0.717, 1.165) is 5.57 Å². The molecular formula is C14H21NO3S. The van der Waals surface area contributed by atoms with E-state index < -0.39 is 10.0 Å². The van der Waals surface area contributed by atoms with E-state index in [9.17, 15) is 13.5 Å². The van der Waals surface area contributed by atoms with E-state index in [2.05, 4.69) is 6.58 Å². The fourth-order valence-electron chi connectivity index (χ4n) is 1.92. The molecule has 0 aliphatic heterocycles. The molecule has 0 bridgehead atoms. The van der Waals surface area contributed by atoms with Gasteiger partial charge in [0, 0.05) is 13.1 Å². The minimum atomic E-state index is -3.55. The third kappa shape index (κ3) is 3.43. The Labute approximate surface area is 115 Å². The van der Waals surface area contributed by atoms with Crippen molar-refractivity contribution in [2.45, 2.75) is 32.3 Å². The lowest BCUT2D eigenvalue weighted by molar-refractivity contribution is 0.280. The zero-order valence-electron chi connectivity index (χ0n) is 11.7. The molecule has 106 valence electrons. The van der Waals surface area contributed by atoms with Crippen molar-refractivity contribution in [2.75, 3.05) is 13.1 Å². The van der Waals surface area contributed by atoms with Gasteiger partial charge in [-0.15, -0.1) is 0 Å². The highest BCUT2D eigenvalue weighted by Crippen LogP contribution is 2.23. The van der Waals surface area contributed by atoms with Gasteiger partial charge in [-0.05, 0) is 31.0 Å². The van der Waals surface area contributed by atoms with Crippen LogP contribution < -0.4 is 0 Å². The molecule has 1 rings (SSSR count). The number of hydrogen-bond donors (Lipinski definition) is 1. The van der Waals surface area contributed by atoms with Crippen LogP contribution in [-0.2, 0) is 16.6 Å². The maximum Gasteiger partial charge on any atom is 0.243 e. The number of aliphatic hydroxyl groups is 1. The molecule has 0 amide bonds. The molecule has 0 aliphatic carbocycles. The molecule has 0 aliphatic rings. The Morgan fingerprint density at radius 2 is 2.05 bits per heavy atom. The topological polar surface area (TPSA) is 57.6 Å². The standard InChI is InChI=1S/C14H21NO3S/c1-5-15(9-11(2)3)19(17,18)14-8-6-7-13(10-16)12(14)4/h6-8,16H,2,5,9-10H2,1,3-4H3. The molecule has 0 heterocycles. The highest BCUT2D eigenvalue weighted by Gasteiger charge is 2.25. The maximum atomic E-state index is 12.6. The number of nitrogens with zero attached hydrogens (tertiary/aromatic N) is 1. The summed E-state index contributed by atoms with van der Waals surface area (Å²) in [4.78, 5) is 0.252. The monoisotopic (exact) mass is 283 g/mol. The molecular weight excluding hydrogens is 262 g/mol. The highest BCUT2D eigenvalue weighted by atomic mass is 32.2. The number of benzene rings is 1. The number of sulfonamides is 1. The van der Waals surface area contributed by atoms with Gasteiger partial charge in [0.15, 0.2) is 0 Å². The van der Waals surface area contributed by atoms with Crippen LogP contribution in [0.3, 0.4) is 0 Å². The van der Waals surface area contributed by atoms with Gasteiger partial charge in [-0.1, -0.05) is 31.2 Å². The Morgan fingerprint density at radius 3 is 2.53 bits per heavy atom. The minimum Gasteiger partial charge on any atom is -0.392 e. The van der Waals surface area contributed by atoms with Crippen molar-refractivity contribution in [1.82, 2.24) is 4.31 Å². The fourth-order valence-corrected chi connectivity index (χ4v) is 3.69. The predicted molar refractivity (Wildman–Crippen MR) is 76.3 cm³/mol. The first-order chi connectivity index (χ1) is 8.84. The first kappa shape index (κ1) is 15.9. The summed E-state index contributed by atoms with van der Waals surface area (Å²) >= 11 is 0. The molecule has 0 saturated carbocycles. The molecule has 0 aromatic heterocycles. The van der Waals surface area contributed by atoms with Gasteiger partial charge in [0.1, 0.15) is 0 Å². The largest absolute Gasteiger partial charge is 0.392 e. The first-order valence-electron chi connectivity index (χ1n) is 6.18. The van der Waals surface area contributed by atoms with Crippen LogP contribution in [0.4, 0.5) is 0 Å². The van der Waals surface area contributed by atoms with Crippen LogP contribution in [-0.4, -0.2) is 30.9 Å². The average molecular weight is 283 g/mol. The van der Waals surface area contributed by atoms with Crippen molar-refractivity contribution >= 4 is 10.0 Å². The quantitative estimate of drug-likeness (QED) is 0.813. The van der Waals surface area contributed by atoms with E-state index in [0.29, 0.717) is 24.2 Å². The van der Waals surface area contributed by atoms with E-state index in [1.165, 1.54) is 4.31 Å². The first-order valence-corrected chi connectivity index (χ1v) is 7.62. The summed E-state index contributed by atoms with van der Waals surface area (Å²) < 4.78 is 26.6. The van der Waals surface area contributed by atoms with E-state index in [4.69, 9.17) is 0 Å². The Hall–Kier alpha value is -1.17. The lowest BCUT2D eigenvalue weighted by atomic mass is 10.1. The molecule has 0 radical (unpaired) electrons. The number of likely N-dealkylation sites (N-methyl/N-ethyl adjacent to an activating group) is 1. The van der Waals surface area contributed by atoms with Gasteiger partial charge >= 0.3 is 0 Å². The van der Waals surface area contributed by atoms with Crippen LogP contribution in [0.5, 0.6) is 0 Å². The second kappa shape index (κ2) is 6.32. The highest BCUT2D eigenvalue weighted by molar-refractivity contribution is 7.89. The maximum absolute atomic E-state index is 12.6. The van der Waals surface area contributed by atoms with E-state index >= 15 is 0 Å². The van der Waals surface area contributed by atoms with Crippen molar-refractivity contribution in [1.29, 1.82) is 0 Å². The SMILES string of the molecule is C=C(C)CN(CC)S(=O)(=O)c1cccc(CO)c1C. The van der Waals surface area contributed by atoms with Crippen LogP contribution in [0.15, 0.2) is 35.2 Å². The summed E-state index contributed by atoms with van der Waals surface area (Å²) in [5.74, 6) is 0. The van der Waals surface area contributed by atoms with Gasteiger partial charge in [0.05, 0.1) is 11.5 Å². The molecule has 0 spiro atoms. The van der Waals surface area contributed by atoms with Crippen LogP contribution in [0.25, 0.3) is 0 Å². The molecule has 0 unspecified atom stereocenters. The summed E-state index contributed by atoms with van der Waals surface area (Å²) in [7, 11) is -3.55. The van der Waals surface area contributed by atoms with Crippen LogP contribution in [0, 0.1) is 6.92 Å². The zero-order valence-corrected chi connectivity index (χ0v) is 12.5. The second-order valence-corrected chi connectivity index (χ2v) is 6.49. The minimum absolute atomic E-state index is 0.165. The lowest BCUT2D eigenvalue weighted by Gasteiger charge is -2.22. The lowest BCUT2D eigenvalue weighted by Crippen LogP contribution is -2.32. The molecule has 1 aromatic carbocycles. The third-order valence-corrected chi connectivity index (χ3v) is 5.05. The molecule has 0 fully saturated rings. The van der Waals surface area contributed by atoms with Gasteiger partial charge in [-0.2, -0.15) is 4.31 Å². The normalized spacial score (nSPS) is 11.8. The predicted octanol–water partition coefficient (Wildman–Crippen LogP) is 2.07. The van der Waals surface area contributed by atoms with Crippen molar-refractivity contribution in [3.63, 3.8) is 0 Å². The zero-order chi connectivity index (χ0) is 14.6. The number of rotatable bonds is 6. The summed E-state index contributed by atoms with van der Waals surface area (Å²) in [6, 6.07) is 4.95. The van der Waals surface area contributed by atoms with Crippen molar-refractivity contribution in [3.05, 3.63) is 41.5 Å². The van der Waals surface area contributed by atoms with Gasteiger partial charge in [0.2, 0.25) is 10.0 Å². The molecule has 1 aromatic rings. The van der Waals surface area contributed by atoms with E-state index in [1.807, 2.05) is 0 Å². The van der Waals surface area contributed by atoms with Gasteiger partial charge in [0.25, 0.3) is 0 Å². The second-order valence-electron chi connectivity index (χ2n) is 4.59. The van der Waals surface area contributed by atoms with Crippen LogP contribution in [0.2, 0.25) is 0 Å². The number of hydrogen-bond acceptors (Lipinski definition) is 3. The Morgan fingerprint density at radius 1 is 1.42 bits per heavy atom. The Kier molecular flexibility index (Phi) is 5.29. The smallest absolute Gasteiger partial charge is 0.243 e. The molecule has 0 atom stereocenters. The Bertz CT molecular complexity index is 564. The molecule has 5 heteroatoms. The van der Waals surface area contributed by atoms with E-state index in [1.54, 1.807) is 39.0 Å². The molecule has 4 nitrogen and oxygen atoms in total. The third-order valence-electron chi connectivity index (χ3n) is 2.98. The average Bonchev–Trinajstić information content (AvgIpc) is 2.35. The van der Waals surface area contributed by atoms with Crippen molar-refractivity contribution in [3.8, 4) is 0 Å². The van der Waals surface area contributed by atoms with Crippen LogP contribution >= 0.6 is 0 Å². The van der Waals surface area contributed by atoms with Crippen molar-refractivity contribution in [2.24, 2.45) is 0 Å². The molecule has 1 N–H and O–H groups in total. The number of aliphatic hydroxyl groups excluding tert-OH is 1. The summed E-state index contributed by atoms with van der Waals surface area (Å²) in [6.07, 6.45) is 0.